The number of carbonyl (C=O) groups is 1. The van der Waals surface area contributed by atoms with Crippen molar-refractivity contribution in [2.75, 3.05) is 33.8 Å². The number of hydrogen-bond acceptors (Lipinski definition) is 3. The SMILES string of the molecule is CNCCN(C)C(=O)COc1ccccc1.Cl. The number of hydrogen-bond donors (Lipinski definition) is 1. The van der Waals surface area contributed by atoms with Crippen LogP contribution < -0.4 is 10.1 Å². The van der Waals surface area contributed by atoms with Crippen LogP contribution in [-0.2, 0) is 4.79 Å². The molecule has 1 N–H and O–H groups in total. The zero-order valence-corrected chi connectivity index (χ0v) is 11.0. The minimum atomic E-state index is -0.0147. The van der Waals surface area contributed by atoms with Crippen molar-refractivity contribution in [2.24, 2.45) is 0 Å². The second-order valence-electron chi connectivity index (χ2n) is 3.52. The summed E-state index contributed by atoms with van der Waals surface area (Å²) >= 11 is 0. The van der Waals surface area contributed by atoms with E-state index in [1.165, 1.54) is 0 Å². The van der Waals surface area contributed by atoms with Crippen molar-refractivity contribution in [3.63, 3.8) is 0 Å². The lowest BCUT2D eigenvalue weighted by molar-refractivity contribution is -0.131. The molecule has 5 heteroatoms. The van der Waals surface area contributed by atoms with Gasteiger partial charge >= 0.3 is 0 Å². The number of halogens is 1. The van der Waals surface area contributed by atoms with E-state index in [-0.39, 0.29) is 24.9 Å². The highest BCUT2D eigenvalue weighted by molar-refractivity contribution is 5.85. The zero-order chi connectivity index (χ0) is 11.8. The summed E-state index contributed by atoms with van der Waals surface area (Å²) in [5.74, 6) is 0.706. The Bertz CT molecular complexity index is 320. The largest absolute Gasteiger partial charge is 0.484 e. The highest BCUT2D eigenvalue weighted by Crippen LogP contribution is 2.07. The first kappa shape index (κ1) is 15.7. The lowest BCUT2D eigenvalue weighted by Crippen LogP contribution is -2.35. The van der Waals surface area contributed by atoms with Crippen molar-refractivity contribution in [1.29, 1.82) is 0 Å². The molecule has 0 fully saturated rings. The number of ether oxygens (including phenoxy) is 1. The molecular formula is C12H19ClN2O2. The minimum absolute atomic E-state index is 0. The van der Waals surface area contributed by atoms with Gasteiger partial charge in [0.2, 0.25) is 0 Å². The molecule has 0 aliphatic rings. The first-order chi connectivity index (χ1) is 7.74. The second-order valence-corrected chi connectivity index (χ2v) is 3.52. The van der Waals surface area contributed by atoms with E-state index in [4.69, 9.17) is 4.74 Å². The molecule has 1 amide bonds. The highest BCUT2D eigenvalue weighted by atomic mass is 35.5. The van der Waals surface area contributed by atoms with Crippen molar-refractivity contribution < 1.29 is 9.53 Å². The normalized spacial score (nSPS) is 9.29. The number of benzene rings is 1. The second kappa shape index (κ2) is 8.84. The zero-order valence-electron chi connectivity index (χ0n) is 10.2. The van der Waals surface area contributed by atoms with Gasteiger partial charge in [-0.1, -0.05) is 18.2 Å². The fraction of sp³-hybridized carbons (Fsp3) is 0.417. The Balaban J connectivity index is 0.00000256. The van der Waals surface area contributed by atoms with Gasteiger partial charge in [0.05, 0.1) is 0 Å². The van der Waals surface area contributed by atoms with E-state index in [0.29, 0.717) is 6.54 Å². The lowest BCUT2D eigenvalue weighted by atomic mass is 10.3. The van der Waals surface area contributed by atoms with Crippen LogP contribution >= 0.6 is 12.4 Å². The Kier molecular flexibility index (Phi) is 8.19. The number of amides is 1. The van der Waals surface area contributed by atoms with Gasteiger partial charge in [-0.2, -0.15) is 0 Å². The Morgan fingerprint density at radius 2 is 2.00 bits per heavy atom. The van der Waals surface area contributed by atoms with Crippen molar-refractivity contribution >= 4 is 18.3 Å². The molecule has 1 aromatic rings. The molecule has 17 heavy (non-hydrogen) atoms. The number of para-hydroxylation sites is 1. The summed E-state index contributed by atoms with van der Waals surface area (Å²) in [6.45, 7) is 1.56. The van der Waals surface area contributed by atoms with Gasteiger partial charge in [-0.05, 0) is 19.2 Å². The van der Waals surface area contributed by atoms with Crippen LogP contribution in [0.1, 0.15) is 0 Å². The highest BCUT2D eigenvalue weighted by Gasteiger charge is 2.08. The molecule has 0 aromatic heterocycles. The summed E-state index contributed by atoms with van der Waals surface area (Å²) in [7, 11) is 3.63. The van der Waals surface area contributed by atoms with Crippen molar-refractivity contribution in [3.8, 4) is 5.75 Å². The van der Waals surface area contributed by atoms with E-state index in [9.17, 15) is 4.79 Å². The molecule has 0 atom stereocenters. The van der Waals surface area contributed by atoms with E-state index < -0.39 is 0 Å². The monoisotopic (exact) mass is 258 g/mol. The number of nitrogens with zero attached hydrogens (tertiary/aromatic N) is 1. The summed E-state index contributed by atoms with van der Waals surface area (Å²) in [6, 6.07) is 9.34. The Morgan fingerprint density at radius 1 is 1.35 bits per heavy atom. The van der Waals surface area contributed by atoms with Crippen LogP contribution in [0.15, 0.2) is 30.3 Å². The third kappa shape index (κ3) is 6.14. The molecule has 0 radical (unpaired) electrons. The molecule has 0 aliphatic heterocycles. The molecule has 0 saturated carbocycles. The van der Waals surface area contributed by atoms with Crippen molar-refractivity contribution in [3.05, 3.63) is 30.3 Å². The third-order valence-corrected chi connectivity index (χ3v) is 2.23. The fourth-order valence-corrected chi connectivity index (χ4v) is 1.18. The van der Waals surface area contributed by atoms with Crippen LogP contribution in [-0.4, -0.2) is 44.6 Å². The third-order valence-electron chi connectivity index (χ3n) is 2.23. The number of rotatable bonds is 6. The predicted octanol–water partition coefficient (Wildman–Crippen LogP) is 1.16. The van der Waals surface area contributed by atoms with Gasteiger partial charge in [0.1, 0.15) is 5.75 Å². The van der Waals surface area contributed by atoms with Gasteiger partial charge in [-0.25, -0.2) is 0 Å². The molecule has 0 saturated heterocycles. The number of nitrogens with one attached hydrogen (secondary N) is 1. The summed E-state index contributed by atoms with van der Waals surface area (Å²) in [6.07, 6.45) is 0. The Hall–Kier alpha value is -1.26. The topological polar surface area (TPSA) is 41.6 Å². The number of carbonyl (C=O) groups excluding carboxylic acids is 1. The molecule has 96 valence electrons. The maximum Gasteiger partial charge on any atom is 0.260 e. The molecule has 4 nitrogen and oxygen atoms in total. The van der Waals surface area contributed by atoms with Crippen LogP contribution in [0, 0.1) is 0 Å². The van der Waals surface area contributed by atoms with Crippen LogP contribution in [0.4, 0.5) is 0 Å². The summed E-state index contributed by atoms with van der Waals surface area (Å²) in [4.78, 5) is 13.2. The summed E-state index contributed by atoms with van der Waals surface area (Å²) in [5, 5.41) is 2.99. The quantitative estimate of drug-likeness (QED) is 0.833. The van der Waals surface area contributed by atoms with E-state index in [1.54, 1.807) is 11.9 Å². The van der Waals surface area contributed by atoms with Crippen LogP contribution in [0.5, 0.6) is 5.75 Å². The maximum absolute atomic E-state index is 11.6. The van der Waals surface area contributed by atoms with Gasteiger partial charge < -0.3 is 15.0 Å². The fourth-order valence-electron chi connectivity index (χ4n) is 1.18. The lowest BCUT2D eigenvalue weighted by Gasteiger charge is -2.17. The molecule has 1 rings (SSSR count). The number of likely N-dealkylation sites (N-methyl/N-ethyl adjacent to an activating group) is 2. The van der Waals surface area contributed by atoms with Crippen molar-refractivity contribution in [1.82, 2.24) is 10.2 Å². The average molecular weight is 259 g/mol. The average Bonchev–Trinajstić information content (AvgIpc) is 2.34. The van der Waals surface area contributed by atoms with E-state index in [0.717, 1.165) is 12.3 Å². The van der Waals surface area contributed by atoms with Gasteiger partial charge in [-0.3, -0.25) is 4.79 Å². The van der Waals surface area contributed by atoms with Gasteiger partial charge in [0.15, 0.2) is 6.61 Å². The summed E-state index contributed by atoms with van der Waals surface area (Å²) in [5.41, 5.74) is 0. The Morgan fingerprint density at radius 3 is 2.59 bits per heavy atom. The first-order valence-corrected chi connectivity index (χ1v) is 5.30. The standard InChI is InChI=1S/C12H18N2O2.ClH/c1-13-8-9-14(2)12(15)10-16-11-6-4-3-5-7-11;/h3-7,13H,8-10H2,1-2H3;1H. The molecule has 0 bridgehead atoms. The van der Waals surface area contributed by atoms with E-state index >= 15 is 0 Å². The van der Waals surface area contributed by atoms with Gasteiger partial charge in [0.25, 0.3) is 5.91 Å². The molecular weight excluding hydrogens is 240 g/mol. The predicted molar refractivity (Wildman–Crippen MR) is 70.7 cm³/mol. The summed E-state index contributed by atoms with van der Waals surface area (Å²) < 4.78 is 5.36. The molecule has 0 spiro atoms. The van der Waals surface area contributed by atoms with E-state index in [1.807, 2.05) is 37.4 Å². The molecule has 0 unspecified atom stereocenters. The van der Waals surface area contributed by atoms with Crippen LogP contribution in [0.3, 0.4) is 0 Å². The minimum Gasteiger partial charge on any atom is -0.484 e. The van der Waals surface area contributed by atoms with E-state index in [2.05, 4.69) is 5.32 Å². The first-order valence-electron chi connectivity index (χ1n) is 5.30. The van der Waals surface area contributed by atoms with Gasteiger partial charge in [-0.15, -0.1) is 12.4 Å². The maximum atomic E-state index is 11.6. The smallest absolute Gasteiger partial charge is 0.260 e. The Labute approximate surface area is 108 Å². The van der Waals surface area contributed by atoms with Crippen LogP contribution in [0.25, 0.3) is 0 Å². The molecule has 0 heterocycles. The van der Waals surface area contributed by atoms with Crippen LogP contribution in [0.2, 0.25) is 0 Å². The molecule has 0 aliphatic carbocycles. The van der Waals surface area contributed by atoms with Crippen molar-refractivity contribution in [2.45, 2.75) is 0 Å². The molecule has 1 aromatic carbocycles. The van der Waals surface area contributed by atoms with Gasteiger partial charge in [0, 0.05) is 20.1 Å².